The molecule has 3 rings (SSSR count). The van der Waals surface area contributed by atoms with Crippen molar-refractivity contribution < 1.29 is 14.3 Å². The number of imide groups is 1. The van der Waals surface area contributed by atoms with Gasteiger partial charge in [0.05, 0.1) is 22.8 Å². The van der Waals surface area contributed by atoms with Crippen LogP contribution in [0.25, 0.3) is 5.57 Å². The standard InChI is InChI=1S/C24H27NO3S/c1-6-12-28-20-9-7-8-19(14-20)25-23(26)21(22(24(25)27)29-15(2)3)18-11-10-16(4)17(5)13-18/h7-11,13-15H,6,12H2,1-5H3. The van der Waals surface area contributed by atoms with E-state index in [-0.39, 0.29) is 17.1 Å². The maximum Gasteiger partial charge on any atom is 0.272 e. The first-order valence-corrected chi connectivity index (χ1v) is 10.8. The van der Waals surface area contributed by atoms with Crippen LogP contribution in [0.4, 0.5) is 5.69 Å². The minimum atomic E-state index is -0.283. The van der Waals surface area contributed by atoms with Crippen LogP contribution in [0.5, 0.6) is 5.75 Å². The van der Waals surface area contributed by atoms with Gasteiger partial charge >= 0.3 is 0 Å². The second kappa shape index (κ2) is 8.87. The number of anilines is 1. The lowest BCUT2D eigenvalue weighted by atomic mass is 10.0. The van der Waals surface area contributed by atoms with Gasteiger partial charge in [0.15, 0.2) is 0 Å². The lowest BCUT2D eigenvalue weighted by molar-refractivity contribution is -0.119. The van der Waals surface area contributed by atoms with Gasteiger partial charge in [-0.3, -0.25) is 9.59 Å². The van der Waals surface area contributed by atoms with E-state index >= 15 is 0 Å². The summed E-state index contributed by atoms with van der Waals surface area (Å²) in [5.74, 6) is 0.103. The fraction of sp³-hybridized carbons (Fsp3) is 0.333. The molecule has 0 N–H and O–H groups in total. The maximum atomic E-state index is 13.4. The van der Waals surface area contributed by atoms with Gasteiger partial charge in [-0.25, -0.2) is 4.90 Å². The number of thioether (sulfide) groups is 1. The number of benzene rings is 2. The van der Waals surface area contributed by atoms with E-state index < -0.39 is 0 Å². The number of ether oxygens (including phenoxy) is 1. The summed E-state index contributed by atoms with van der Waals surface area (Å²) in [5.41, 5.74) is 4.06. The van der Waals surface area contributed by atoms with Crippen molar-refractivity contribution in [1.82, 2.24) is 0 Å². The van der Waals surface area contributed by atoms with E-state index in [2.05, 4.69) is 0 Å². The van der Waals surface area contributed by atoms with E-state index in [1.54, 1.807) is 12.1 Å². The normalized spacial score (nSPS) is 14.3. The summed E-state index contributed by atoms with van der Waals surface area (Å²) < 4.78 is 5.69. The summed E-state index contributed by atoms with van der Waals surface area (Å²) in [5, 5.41) is 0.183. The Morgan fingerprint density at radius 1 is 1.00 bits per heavy atom. The highest BCUT2D eigenvalue weighted by molar-refractivity contribution is 8.04. The van der Waals surface area contributed by atoms with Crippen molar-refractivity contribution in [2.75, 3.05) is 11.5 Å². The highest BCUT2D eigenvalue weighted by atomic mass is 32.2. The molecule has 0 unspecified atom stereocenters. The molecule has 0 aliphatic carbocycles. The molecule has 1 aliphatic heterocycles. The van der Waals surface area contributed by atoms with Crippen LogP contribution in [-0.4, -0.2) is 23.7 Å². The van der Waals surface area contributed by atoms with E-state index in [9.17, 15) is 9.59 Å². The first-order valence-electron chi connectivity index (χ1n) is 9.93. The van der Waals surface area contributed by atoms with Gasteiger partial charge in [0.25, 0.3) is 11.8 Å². The predicted octanol–water partition coefficient (Wildman–Crippen LogP) is 5.52. The average Bonchev–Trinajstić information content (AvgIpc) is 2.92. The molecule has 0 aromatic heterocycles. The summed E-state index contributed by atoms with van der Waals surface area (Å²) in [6, 6.07) is 13.1. The molecule has 0 radical (unpaired) electrons. The number of hydrogen-bond donors (Lipinski definition) is 0. The van der Waals surface area contributed by atoms with Crippen LogP contribution in [-0.2, 0) is 9.59 Å². The zero-order valence-corrected chi connectivity index (χ0v) is 18.4. The number of carbonyl (C=O) groups excluding carboxylic acids is 2. The molecule has 0 saturated carbocycles. The largest absolute Gasteiger partial charge is 0.494 e. The second-order valence-electron chi connectivity index (χ2n) is 7.46. The third kappa shape index (κ3) is 4.40. The molecule has 2 amide bonds. The number of nitrogens with zero attached hydrogens (tertiary/aromatic N) is 1. The Kier molecular flexibility index (Phi) is 6.48. The Morgan fingerprint density at radius 3 is 2.41 bits per heavy atom. The first-order chi connectivity index (χ1) is 13.8. The Bertz CT molecular complexity index is 978. The summed E-state index contributed by atoms with van der Waals surface area (Å²) >= 11 is 1.44. The Morgan fingerprint density at radius 2 is 1.76 bits per heavy atom. The first kappa shape index (κ1) is 21.2. The Hall–Kier alpha value is -2.53. The Labute approximate surface area is 176 Å². The average molecular weight is 410 g/mol. The number of aryl methyl sites for hydroxylation is 2. The summed E-state index contributed by atoms with van der Waals surface area (Å²) in [6.45, 7) is 10.7. The molecule has 1 heterocycles. The van der Waals surface area contributed by atoms with Crippen LogP contribution < -0.4 is 9.64 Å². The monoisotopic (exact) mass is 409 g/mol. The van der Waals surface area contributed by atoms with E-state index in [0.717, 1.165) is 23.1 Å². The van der Waals surface area contributed by atoms with Gasteiger partial charge in [-0.1, -0.05) is 45.0 Å². The third-order valence-electron chi connectivity index (χ3n) is 4.74. The smallest absolute Gasteiger partial charge is 0.272 e. The highest BCUT2D eigenvalue weighted by Crippen LogP contribution is 2.40. The fourth-order valence-electron chi connectivity index (χ4n) is 3.17. The van der Waals surface area contributed by atoms with Crippen molar-refractivity contribution in [1.29, 1.82) is 0 Å². The van der Waals surface area contributed by atoms with Crippen LogP contribution in [0.3, 0.4) is 0 Å². The number of amides is 2. The molecule has 5 heteroatoms. The van der Waals surface area contributed by atoms with Gasteiger partial charge in [-0.15, -0.1) is 11.8 Å². The van der Waals surface area contributed by atoms with Gasteiger partial charge in [0.2, 0.25) is 0 Å². The minimum absolute atomic E-state index is 0.183. The van der Waals surface area contributed by atoms with Crippen molar-refractivity contribution in [2.24, 2.45) is 0 Å². The Balaban J connectivity index is 2.05. The van der Waals surface area contributed by atoms with Crippen molar-refractivity contribution in [3.8, 4) is 5.75 Å². The van der Waals surface area contributed by atoms with E-state index in [1.807, 2.05) is 65.0 Å². The lowest BCUT2D eigenvalue weighted by Gasteiger charge is -2.17. The second-order valence-corrected chi connectivity index (χ2v) is 9.05. The van der Waals surface area contributed by atoms with Crippen LogP contribution in [0.15, 0.2) is 47.4 Å². The number of hydrogen-bond acceptors (Lipinski definition) is 4. The molecule has 4 nitrogen and oxygen atoms in total. The zero-order chi connectivity index (χ0) is 21.1. The zero-order valence-electron chi connectivity index (χ0n) is 17.6. The highest BCUT2D eigenvalue weighted by Gasteiger charge is 2.40. The van der Waals surface area contributed by atoms with Crippen molar-refractivity contribution in [3.63, 3.8) is 0 Å². The molecule has 1 aliphatic rings. The predicted molar refractivity (Wildman–Crippen MR) is 120 cm³/mol. The summed E-state index contributed by atoms with van der Waals surface area (Å²) in [4.78, 5) is 28.5. The van der Waals surface area contributed by atoms with Crippen LogP contribution >= 0.6 is 11.8 Å². The molecule has 0 fully saturated rings. The molecule has 2 aromatic carbocycles. The van der Waals surface area contributed by atoms with Crippen LogP contribution in [0.2, 0.25) is 0 Å². The molecule has 29 heavy (non-hydrogen) atoms. The van der Waals surface area contributed by atoms with Crippen LogP contribution in [0, 0.1) is 13.8 Å². The quantitative estimate of drug-likeness (QED) is 0.565. The van der Waals surface area contributed by atoms with Gasteiger partial charge in [0, 0.05) is 11.3 Å². The van der Waals surface area contributed by atoms with Crippen LogP contribution in [0.1, 0.15) is 43.9 Å². The number of carbonyl (C=O) groups is 2. The fourth-order valence-corrected chi connectivity index (χ4v) is 4.16. The topological polar surface area (TPSA) is 46.6 Å². The molecule has 0 atom stereocenters. The molecule has 0 bridgehead atoms. The summed E-state index contributed by atoms with van der Waals surface area (Å²) in [6.07, 6.45) is 0.888. The molecule has 0 saturated heterocycles. The molecule has 0 spiro atoms. The molecule has 2 aromatic rings. The van der Waals surface area contributed by atoms with Gasteiger partial charge in [-0.2, -0.15) is 0 Å². The van der Waals surface area contributed by atoms with Crippen molar-refractivity contribution in [2.45, 2.75) is 46.3 Å². The van der Waals surface area contributed by atoms with E-state index in [4.69, 9.17) is 4.74 Å². The SMILES string of the molecule is CCCOc1cccc(N2C(=O)C(SC(C)C)=C(c3ccc(C)c(C)c3)C2=O)c1. The van der Waals surface area contributed by atoms with E-state index in [0.29, 0.717) is 28.5 Å². The van der Waals surface area contributed by atoms with Crippen molar-refractivity contribution in [3.05, 3.63) is 64.1 Å². The third-order valence-corrected chi connectivity index (χ3v) is 5.83. The number of rotatable bonds is 7. The minimum Gasteiger partial charge on any atom is -0.494 e. The lowest BCUT2D eigenvalue weighted by Crippen LogP contribution is -2.31. The van der Waals surface area contributed by atoms with Gasteiger partial charge in [0.1, 0.15) is 5.75 Å². The van der Waals surface area contributed by atoms with Gasteiger partial charge in [-0.05, 0) is 49.1 Å². The maximum absolute atomic E-state index is 13.4. The van der Waals surface area contributed by atoms with Crippen molar-refractivity contribution >= 4 is 34.8 Å². The molecule has 152 valence electrons. The van der Waals surface area contributed by atoms with E-state index in [1.165, 1.54) is 16.7 Å². The molecular formula is C24H27NO3S. The van der Waals surface area contributed by atoms with Gasteiger partial charge < -0.3 is 4.74 Å². The summed E-state index contributed by atoms with van der Waals surface area (Å²) in [7, 11) is 0. The molecular weight excluding hydrogens is 382 g/mol.